The van der Waals surface area contributed by atoms with E-state index < -0.39 is 24.1 Å². The molecule has 8 nitrogen and oxygen atoms in total. The summed E-state index contributed by atoms with van der Waals surface area (Å²) in [5.41, 5.74) is -0.620. The number of anilines is 1. The minimum Gasteiger partial charge on any atom is -0.479 e. The Bertz CT molecular complexity index is 770. The first-order valence-electron chi connectivity index (χ1n) is 8.45. The van der Waals surface area contributed by atoms with E-state index in [1.54, 1.807) is 24.4 Å². The Balaban J connectivity index is 2.04. The van der Waals surface area contributed by atoms with E-state index in [1.165, 1.54) is 0 Å². The number of carbonyl (C=O) groups is 2. The van der Waals surface area contributed by atoms with Crippen LogP contribution < -0.4 is 10.6 Å². The zero-order chi connectivity index (χ0) is 19.2. The maximum atomic E-state index is 11.9. The number of unbranched alkanes of at least 4 members (excludes halogenated alkanes) is 1. The average Bonchev–Trinajstić information content (AvgIpc) is 3.07. The minimum absolute atomic E-state index is 0.407. The fraction of sp³-hybridized carbons (Fsp3) is 0.389. The molecule has 0 saturated carbocycles. The molecule has 4 N–H and O–H groups in total. The van der Waals surface area contributed by atoms with Gasteiger partial charge in [0.1, 0.15) is 5.82 Å². The summed E-state index contributed by atoms with van der Waals surface area (Å²) < 4.78 is 2.06. The summed E-state index contributed by atoms with van der Waals surface area (Å²) in [6.07, 6.45) is 5.80. The van der Waals surface area contributed by atoms with Gasteiger partial charge in [-0.15, -0.1) is 0 Å². The van der Waals surface area contributed by atoms with Crippen LogP contribution in [0.4, 0.5) is 10.5 Å². The number of hydrogen-bond acceptors (Lipinski definition) is 4. The van der Waals surface area contributed by atoms with Crippen molar-refractivity contribution in [2.45, 2.75) is 38.8 Å². The highest BCUT2D eigenvalue weighted by atomic mass is 16.4. The summed E-state index contributed by atoms with van der Waals surface area (Å²) in [5, 5.41) is 23.4. The standard InChI is InChI=1S/C18H24N4O4/c1-3-4-9-22-10-8-19-15(22)13-6-5-7-14(11-13)21-17(25)20-12-18(2,26)16(23)24/h5-8,10-11,26H,3-4,9,12H2,1-2H3,(H,23,24)(H2,20,21,25). The molecule has 140 valence electrons. The second kappa shape index (κ2) is 8.48. The first kappa shape index (κ1) is 19.5. The topological polar surface area (TPSA) is 116 Å². The van der Waals surface area contributed by atoms with Crippen molar-refractivity contribution in [1.82, 2.24) is 14.9 Å². The monoisotopic (exact) mass is 360 g/mol. The largest absolute Gasteiger partial charge is 0.479 e. The number of hydrogen-bond donors (Lipinski definition) is 4. The highest BCUT2D eigenvalue weighted by Gasteiger charge is 2.30. The Hall–Kier alpha value is -2.87. The van der Waals surface area contributed by atoms with Gasteiger partial charge in [0.2, 0.25) is 0 Å². The van der Waals surface area contributed by atoms with Crippen LogP contribution in [0.25, 0.3) is 11.4 Å². The lowest BCUT2D eigenvalue weighted by Crippen LogP contribution is -2.47. The van der Waals surface area contributed by atoms with Crippen LogP contribution in [0.1, 0.15) is 26.7 Å². The Morgan fingerprint density at radius 3 is 2.81 bits per heavy atom. The maximum Gasteiger partial charge on any atom is 0.337 e. The molecule has 2 amide bonds. The van der Waals surface area contributed by atoms with Gasteiger partial charge in [-0.1, -0.05) is 25.5 Å². The molecular formula is C18H24N4O4. The molecule has 26 heavy (non-hydrogen) atoms. The number of amides is 2. The fourth-order valence-electron chi connectivity index (χ4n) is 2.32. The van der Waals surface area contributed by atoms with Gasteiger partial charge in [0.15, 0.2) is 5.60 Å². The lowest BCUT2D eigenvalue weighted by atomic mass is 10.1. The number of carbonyl (C=O) groups excluding carboxylic acids is 1. The number of nitrogens with one attached hydrogen (secondary N) is 2. The van der Waals surface area contributed by atoms with E-state index in [4.69, 9.17) is 5.11 Å². The molecule has 0 bridgehead atoms. The van der Waals surface area contributed by atoms with Gasteiger partial charge in [0.25, 0.3) is 0 Å². The Morgan fingerprint density at radius 1 is 1.35 bits per heavy atom. The highest BCUT2D eigenvalue weighted by Crippen LogP contribution is 2.21. The van der Waals surface area contributed by atoms with Crippen LogP contribution in [0.15, 0.2) is 36.7 Å². The van der Waals surface area contributed by atoms with Crippen LogP contribution >= 0.6 is 0 Å². The molecule has 1 aromatic carbocycles. The fourth-order valence-corrected chi connectivity index (χ4v) is 2.32. The van der Waals surface area contributed by atoms with Gasteiger partial charge >= 0.3 is 12.0 Å². The smallest absolute Gasteiger partial charge is 0.337 e. The molecular weight excluding hydrogens is 336 g/mol. The van der Waals surface area contributed by atoms with Crippen molar-refractivity contribution in [2.24, 2.45) is 0 Å². The molecule has 1 unspecified atom stereocenters. The molecule has 0 spiro atoms. The van der Waals surface area contributed by atoms with Crippen molar-refractivity contribution in [2.75, 3.05) is 11.9 Å². The van der Waals surface area contributed by atoms with Crippen molar-refractivity contribution in [3.63, 3.8) is 0 Å². The predicted octanol–water partition coefficient (Wildman–Crippen LogP) is 2.31. The summed E-state index contributed by atoms with van der Waals surface area (Å²) in [6, 6.07) is 6.62. The van der Waals surface area contributed by atoms with E-state index >= 15 is 0 Å². The number of aromatic nitrogens is 2. The van der Waals surface area contributed by atoms with Crippen LogP contribution in [-0.2, 0) is 11.3 Å². The van der Waals surface area contributed by atoms with Gasteiger partial charge in [-0.25, -0.2) is 14.6 Å². The van der Waals surface area contributed by atoms with Gasteiger partial charge in [-0.05, 0) is 25.5 Å². The Morgan fingerprint density at radius 2 is 2.12 bits per heavy atom. The van der Waals surface area contributed by atoms with E-state index in [9.17, 15) is 14.7 Å². The lowest BCUT2D eigenvalue weighted by molar-refractivity contribution is -0.155. The number of benzene rings is 1. The van der Waals surface area contributed by atoms with E-state index in [0.717, 1.165) is 37.7 Å². The van der Waals surface area contributed by atoms with Crippen LogP contribution in [-0.4, -0.2) is 43.9 Å². The average molecular weight is 360 g/mol. The normalized spacial score (nSPS) is 13.0. The Labute approximate surface area is 151 Å². The molecule has 0 saturated heterocycles. The molecule has 0 aliphatic heterocycles. The van der Waals surface area contributed by atoms with Crippen molar-refractivity contribution in [3.05, 3.63) is 36.7 Å². The molecule has 2 aromatic rings. The maximum absolute atomic E-state index is 11.9. The highest BCUT2D eigenvalue weighted by molar-refractivity contribution is 5.90. The van der Waals surface area contributed by atoms with Crippen molar-refractivity contribution < 1.29 is 19.8 Å². The molecule has 8 heteroatoms. The quantitative estimate of drug-likeness (QED) is 0.576. The third-order valence-corrected chi connectivity index (χ3v) is 3.90. The zero-order valence-corrected chi connectivity index (χ0v) is 14.9. The molecule has 0 aliphatic rings. The number of carboxylic acid groups (broad SMARTS) is 1. The number of nitrogens with zero attached hydrogens (tertiary/aromatic N) is 2. The first-order chi connectivity index (χ1) is 12.3. The molecule has 1 heterocycles. The third kappa shape index (κ3) is 5.06. The van der Waals surface area contributed by atoms with E-state index in [0.29, 0.717) is 5.69 Å². The summed E-state index contributed by atoms with van der Waals surface area (Å²) in [6.45, 7) is 3.71. The predicted molar refractivity (Wildman–Crippen MR) is 97.9 cm³/mol. The van der Waals surface area contributed by atoms with Gasteiger partial charge < -0.3 is 25.4 Å². The molecule has 0 aliphatic carbocycles. The number of aliphatic carboxylic acids is 1. The zero-order valence-electron chi connectivity index (χ0n) is 14.9. The lowest BCUT2D eigenvalue weighted by Gasteiger charge is -2.18. The van der Waals surface area contributed by atoms with E-state index in [2.05, 4.69) is 27.1 Å². The van der Waals surface area contributed by atoms with Gasteiger partial charge in [-0.2, -0.15) is 0 Å². The summed E-state index contributed by atoms with van der Waals surface area (Å²) >= 11 is 0. The van der Waals surface area contributed by atoms with Crippen molar-refractivity contribution >= 4 is 17.7 Å². The number of imidazole rings is 1. The summed E-state index contributed by atoms with van der Waals surface area (Å²) in [4.78, 5) is 27.2. The van der Waals surface area contributed by atoms with E-state index in [1.807, 2.05) is 12.3 Å². The van der Waals surface area contributed by atoms with Crippen LogP contribution in [0.3, 0.4) is 0 Å². The number of aryl methyl sites for hydroxylation is 1. The third-order valence-electron chi connectivity index (χ3n) is 3.90. The SMILES string of the molecule is CCCCn1ccnc1-c1cccc(NC(=O)NCC(C)(O)C(=O)O)c1. The number of carboxylic acids is 1. The first-order valence-corrected chi connectivity index (χ1v) is 8.45. The van der Waals surface area contributed by atoms with E-state index in [-0.39, 0.29) is 0 Å². The Kier molecular flexibility index (Phi) is 6.35. The molecule has 0 fully saturated rings. The van der Waals surface area contributed by atoms with Crippen molar-refractivity contribution in [3.8, 4) is 11.4 Å². The number of rotatable bonds is 8. The second-order valence-corrected chi connectivity index (χ2v) is 6.27. The van der Waals surface area contributed by atoms with Gasteiger partial charge in [0, 0.05) is 30.2 Å². The molecule has 1 atom stereocenters. The molecule has 1 aromatic heterocycles. The summed E-state index contributed by atoms with van der Waals surface area (Å²) in [7, 11) is 0. The van der Waals surface area contributed by atoms with Crippen molar-refractivity contribution in [1.29, 1.82) is 0 Å². The number of urea groups is 1. The summed E-state index contributed by atoms with van der Waals surface area (Å²) in [5.74, 6) is -0.588. The minimum atomic E-state index is -2.02. The van der Waals surface area contributed by atoms with Crippen LogP contribution in [0.2, 0.25) is 0 Å². The molecule has 2 rings (SSSR count). The van der Waals surface area contributed by atoms with Gasteiger partial charge in [0.05, 0.1) is 6.54 Å². The van der Waals surface area contributed by atoms with Crippen LogP contribution in [0, 0.1) is 0 Å². The van der Waals surface area contributed by atoms with Gasteiger partial charge in [-0.3, -0.25) is 0 Å². The number of aliphatic hydroxyl groups is 1. The molecule has 0 radical (unpaired) electrons. The second-order valence-electron chi connectivity index (χ2n) is 6.27. The van der Waals surface area contributed by atoms with Crippen LogP contribution in [0.5, 0.6) is 0 Å².